The molecule has 0 bridgehead atoms. The molecule has 0 aliphatic rings. The van der Waals surface area contributed by atoms with E-state index >= 15 is 0 Å². The highest BCUT2D eigenvalue weighted by atomic mass is 35.5. The van der Waals surface area contributed by atoms with Crippen molar-refractivity contribution >= 4 is 31.6 Å². The number of hydrogen-bond acceptors (Lipinski definition) is 4. The largest absolute Gasteiger partial charge is 0.256 e. The highest BCUT2D eigenvalue weighted by Gasteiger charge is 2.43. The smallest absolute Gasteiger partial charge is 0.206 e. The van der Waals surface area contributed by atoms with Crippen LogP contribution in [-0.4, -0.2) is 26.6 Å². The maximum atomic E-state index is 13.4. The number of benzene rings is 3. The Labute approximate surface area is 176 Å². The van der Waals surface area contributed by atoms with Gasteiger partial charge < -0.3 is 0 Å². The van der Waals surface area contributed by atoms with Crippen molar-refractivity contribution in [2.75, 3.05) is 0 Å². The number of halogens is 1. The van der Waals surface area contributed by atoms with Gasteiger partial charge in [0, 0.05) is 0 Å². The lowest BCUT2D eigenvalue weighted by molar-refractivity contribution is 0.430. The summed E-state index contributed by atoms with van der Waals surface area (Å²) in [5.74, 6) is 0. The first-order valence-electron chi connectivity index (χ1n) is 8.85. The van der Waals surface area contributed by atoms with Crippen LogP contribution < -0.4 is 0 Å². The van der Waals surface area contributed by atoms with Crippen molar-refractivity contribution in [3.05, 3.63) is 96.6 Å². The molecule has 0 aromatic heterocycles. The molecule has 0 unspecified atom stereocenters. The molecule has 3 aromatic rings. The van der Waals surface area contributed by atoms with Crippen LogP contribution in [0.15, 0.2) is 101 Å². The van der Waals surface area contributed by atoms with Gasteiger partial charge in [0.05, 0.1) is 21.2 Å². The van der Waals surface area contributed by atoms with E-state index in [1.165, 1.54) is 31.2 Å². The van der Waals surface area contributed by atoms with Gasteiger partial charge in [0.1, 0.15) is 0 Å². The van der Waals surface area contributed by atoms with Crippen molar-refractivity contribution in [2.24, 2.45) is 0 Å². The van der Waals surface area contributed by atoms with Crippen LogP contribution in [-0.2, 0) is 20.0 Å². The van der Waals surface area contributed by atoms with Crippen LogP contribution in [0, 0.1) is 0 Å². The molecule has 0 aliphatic carbocycles. The molecule has 8 heteroatoms. The van der Waals surface area contributed by atoms with E-state index in [1.54, 1.807) is 66.7 Å². The summed E-state index contributed by atoms with van der Waals surface area (Å²) in [7, 11) is -8.80. The summed E-state index contributed by atoms with van der Waals surface area (Å²) in [6.07, 6.45) is 0. The summed E-state index contributed by atoms with van der Waals surface area (Å²) in [4.78, 5) is -0.244. The normalized spacial score (nSPS) is 14.4. The third-order valence-corrected chi connectivity index (χ3v) is 9.57. The predicted molar refractivity (Wildman–Crippen MR) is 114 cm³/mol. The molecule has 0 fully saturated rings. The minimum absolute atomic E-state index is 0.122. The van der Waals surface area contributed by atoms with E-state index in [0.717, 1.165) is 0 Å². The highest BCUT2D eigenvalue weighted by Crippen LogP contribution is 2.35. The maximum absolute atomic E-state index is 13.4. The van der Waals surface area contributed by atoms with Crippen LogP contribution in [0.4, 0.5) is 0 Å². The third-order valence-electron chi connectivity index (χ3n) is 4.43. The van der Waals surface area contributed by atoms with E-state index in [1.807, 2.05) is 0 Å². The first-order valence-corrected chi connectivity index (χ1v) is 12.2. The number of nitrogens with zero attached hydrogens (tertiary/aromatic N) is 1. The molecule has 0 aliphatic heterocycles. The van der Waals surface area contributed by atoms with E-state index in [-0.39, 0.29) is 9.79 Å². The monoisotopic (exact) mass is 449 g/mol. The minimum Gasteiger partial charge on any atom is -0.206 e. The Bertz CT molecular complexity index is 1080. The maximum Gasteiger partial charge on any atom is 0.256 e. The lowest BCUT2D eigenvalue weighted by atomic mass is 10.1. The fraction of sp³-hybridized carbons (Fsp3) is 0.143. The Morgan fingerprint density at radius 1 is 0.655 bits per heavy atom. The molecular formula is C21H20ClNO4S2. The van der Waals surface area contributed by atoms with Gasteiger partial charge in [-0.2, -0.15) is 0 Å². The van der Waals surface area contributed by atoms with Crippen molar-refractivity contribution in [1.82, 2.24) is 3.71 Å². The average molecular weight is 450 g/mol. The van der Waals surface area contributed by atoms with Gasteiger partial charge >= 0.3 is 0 Å². The van der Waals surface area contributed by atoms with Gasteiger partial charge in [-0.3, -0.25) is 0 Å². The van der Waals surface area contributed by atoms with Gasteiger partial charge in [-0.05, 0) is 36.8 Å². The SMILES string of the molecule is C[C@H]([C@@H](Cl)c1ccccc1)N(S(=O)(=O)c1ccccc1)S(=O)(=O)c1ccccc1. The van der Waals surface area contributed by atoms with E-state index in [4.69, 9.17) is 11.6 Å². The second kappa shape index (κ2) is 8.67. The van der Waals surface area contributed by atoms with Crippen molar-refractivity contribution < 1.29 is 16.8 Å². The zero-order valence-corrected chi connectivity index (χ0v) is 18.0. The topological polar surface area (TPSA) is 71.5 Å². The van der Waals surface area contributed by atoms with Gasteiger partial charge in [-0.1, -0.05) is 70.4 Å². The van der Waals surface area contributed by atoms with Crippen LogP contribution in [0.1, 0.15) is 17.9 Å². The molecule has 0 radical (unpaired) electrons. The Kier molecular flexibility index (Phi) is 6.43. The summed E-state index contributed by atoms with van der Waals surface area (Å²) in [5.41, 5.74) is 0.623. The van der Waals surface area contributed by atoms with Crippen molar-refractivity contribution in [3.8, 4) is 0 Å². The van der Waals surface area contributed by atoms with Crippen LogP contribution in [0.25, 0.3) is 0 Å². The van der Waals surface area contributed by atoms with E-state index in [2.05, 4.69) is 0 Å². The van der Waals surface area contributed by atoms with E-state index < -0.39 is 31.5 Å². The predicted octanol–water partition coefficient (Wildman–Crippen LogP) is 4.43. The Balaban J connectivity index is 2.17. The van der Waals surface area contributed by atoms with Crippen molar-refractivity contribution in [2.45, 2.75) is 28.1 Å². The lowest BCUT2D eigenvalue weighted by Crippen LogP contribution is -2.44. The molecule has 0 saturated heterocycles. The van der Waals surface area contributed by atoms with Gasteiger partial charge in [0.25, 0.3) is 20.0 Å². The summed E-state index contributed by atoms with van der Waals surface area (Å²) < 4.78 is 54.2. The molecule has 3 aromatic carbocycles. The zero-order valence-electron chi connectivity index (χ0n) is 15.6. The standard InChI is InChI=1S/C21H20ClNO4S2/c1-17(21(22)18-11-5-2-6-12-18)23(28(24,25)19-13-7-3-8-14-19)29(26,27)20-15-9-4-10-16-20/h2-17,21H,1H3/t17-,21-/m1/s1. The fourth-order valence-electron chi connectivity index (χ4n) is 2.98. The number of rotatable bonds is 7. The molecular weight excluding hydrogens is 430 g/mol. The second-order valence-electron chi connectivity index (χ2n) is 6.41. The van der Waals surface area contributed by atoms with Crippen molar-refractivity contribution in [3.63, 3.8) is 0 Å². The first kappa shape index (κ1) is 21.5. The fourth-order valence-corrected chi connectivity index (χ4v) is 7.46. The Morgan fingerprint density at radius 3 is 1.38 bits per heavy atom. The van der Waals surface area contributed by atoms with E-state index in [9.17, 15) is 16.8 Å². The zero-order chi connectivity index (χ0) is 21.1. The van der Waals surface area contributed by atoms with Gasteiger partial charge in [-0.15, -0.1) is 11.6 Å². The summed E-state index contributed by atoms with van der Waals surface area (Å²) in [6.45, 7) is 1.49. The molecule has 0 saturated carbocycles. The molecule has 152 valence electrons. The minimum atomic E-state index is -4.40. The molecule has 0 amide bonds. The number of alkyl halides is 1. The average Bonchev–Trinajstić information content (AvgIpc) is 2.74. The molecule has 2 atom stereocenters. The summed E-state index contributed by atoms with van der Waals surface area (Å²) >= 11 is 6.57. The van der Waals surface area contributed by atoms with E-state index in [0.29, 0.717) is 9.27 Å². The Hall–Kier alpha value is -2.19. The highest BCUT2D eigenvalue weighted by molar-refractivity contribution is 8.04. The second-order valence-corrected chi connectivity index (χ2v) is 10.7. The molecule has 0 spiro atoms. The molecule has 5 nitrogen and oxygen atoms in total. The van der Waals surface area contributed by atoms with Gasteiger partial charge in [0.15, 0.2) is 0 Å². The third kappa shape index (κ3) is 4.38. The first-order chi connectivity index (χ1) is 13.8. The molecule has 29 heavy (non-hydrogen) atoms. The van der Waals surface area contributed by atoms with Crippen LogP contribution >= 0.6 is 11.6 Å². The molecule has 3 rings (SSSR count). The van der Waals surface area contributed by atoms with Crippen LogP contribution in [0.3, 0.4) is 0 Å². The number of sulfonamides is 2. The quantitative estimate of drug-likeness (QED) is 0.500. The Morgan fingerprint density at radius 2 is 1.00 bits per heavy atom. The van der Waals surface area contributed by atoms with Crippen LogP contribution in [0.2, 0.25) is 0 Å². The lowest BCUT2D eigenvalue weighted by Gasteiger charge is -2.30. The van der Waals surface area contributed by atoms with Crippen molar-refractivity contribution in [1.29, 1.82) is 0 Å². The number of hydrogen-bond donors (Lipinski definition) is 0. The van der Waals surface area contributed by atoms with Gasteiger partial charge in [0.2, 0.25) is 0 Å². The molecule has 0 heterocycles. The van der Waals surface area contributed by atoms with Crippen LogP contribution in [0.5, 0.6) is 0 Å². The summed E-state index contributed by atoms with van der Waals surface area (Å²) in [5, 5.41) is -0.881. The summed E-state index contributed by atoms with van der Waals surface area (Å²) in [6, 6.07) is 22.7. The van der Waals surface area contributed by atoms with Gasteiger partial charge in [-0.25, -0.2) is 16.8 Å². The molecule has 0 N–H and O–H groups in total.